The molecule has 0 aliphatic carbocycles. The molecule has 0 aromatic heterocycles. The molecule has 0 fully saturated rings. The second-order valence-corrected chi connectivity index (χ2v) is 20.2. The molecule has 0 bridgehead atoms. The van der Waals surface area contributed by atoms with E-state index in [0.717, 1.165) is 36.3 Å². The SMILES string of the molecule is CC[Si](CC)(CC)CS(=O)(=O)C[Si](CC)(CC)CC. The smallest absolute Gasteiger partial charge is 0.145 e. The van der Waals surface area contributed by atoms with E-state index >= 15 is 0 Å². The van der Waals surface area contributed by atoms with E-state index in [1.54, 1.807) is 0 Å². The Morgan fingerprint density at radius 2 is 0.789 bits per heavy atom. The molecule has 0 atom stereocenters. The van der Waals surface area contributed by atoms with Gasteiger partial charge in [-0.1, -0.05) is 77.8 Å². The monoisotopic (exact) mass is 322 g/mol. The number of hydrogen-bond acceptors (Lipinski definition) is 2. The summed E-state index contributed by atoms with van der Waals surface area (Å²) in [7, 11) is -5.96. The first-order valence-corrected chi connectivity index (χ1v) is 15.5. The van der Waals surface area contributed by atoms with Crippen molar-refractivity contribution in [1.29, 1.82) is 0 Å². The van der Waals surface area contributed by atoms with Gasteiger partial charge in [0, 0.05) is 10.8 Å². The highest BCUT2D eigenvalue weighted by Crippen LogP contribution is 2.27. The molecule has 0 spiro atoms. The summed E-state index contributed by atoms with van der Waals surface area (Å²) in [6.07, 6.45) is 0. The van der Waals surface area contributed by atoms with Gasteiger partial charge in [-0.2, -0.15) is 0 Å². The van der Waals surface area contributed by atoms with Crippen LogP contribution < -0.4 is 0 Å². The van der Waals surface area contributed by atoms with E-state index in [1.807, 2.05) is 0 Å². The molecule has 116 valence electrons. The second kappa shape index (κ2) is 7.98. The number of rotatable bonds is 10. The summed E-state index contributed by atoms with van der Waals surface area (Å²) >= 11 is 0. The van der Waals surface area contributed by atoms with Crippen molar-refractivity contribution in [2.45, 2.75) is 77.8 Å². The van der Waals surface area contributed by atoms with Gasteiger partial charge in [0.2, 0.25) is 0 Å². The van der Waals surface area contributed by atoms with E-state index < -0.39 is 26.0 Å². The first-order chi connectivity index (χ1) is 8.78. The standard InChI is InChI=1S/C14H34O2SSi2/c1-7-18(8-2,9-3)13-17(15,16)14-19(10-4,11-5)12-6/h7-14H2,1-6H3. The maximum atomic E-state index is 12.7. The Morgan fingerprint density at radius 1 is 0.579 bits per heavy atom. The Morgan fingerprint density at radius 3 is 0.947 bits per heavy atom. The van der Waals surface area contributed by atoms with Gasteiger partial charge in [-0.25, -0.2) is 8.42 Å². The average Bonchev–Trinajstić information content (AvgIpc) is 2.42. The predicted molar refractivity (Wildman–Crippen MR) is 93.0 cm³/mol. The highest BCUT2D eigenvalue weighted by atomic mass is 32.2. The van der Waals surface area contributed by atoms with Gasteiger partial charge in [0.25, 0.3) is 0 Å². The summed E-state index contributed by atoms with van der Waals surface area (Å²) in [4.78, 5) is 0. The topological polar surface area (TPSA) is 34.1 Å². The first kappa shape index (κ1) is 19.4. The van der Waals surface area contributed by atoms with E-state index in [4.69, 9.17) is 0 Å². The Balaban J connectivity index is 5.09. The van der Waals surface area contributed by atoms with Crippen molar-refractivity contribution in [1.82, 2.24) is 0 Å². The minimum Gasteiger partial charge on any atom is -0.229 e. The molecular formula is C14H34O2SSi2. The van der Waals surface area contributed by atoms with Crippen molar-refractivity contribution in [3.8, 4) is 0 Å². The zero-order chi connectivity index (χ0) is 15.2. The van der Waals surface area contributed by atoms with Crippen molar-refractivity contribution in [3.05, 3.63) is 0 Å². The Bertz CT molecular complexity index is 300. The van der Waals surface area contributed by atoms with Crippen LogP contribution in [0.1, 0.15) is 41.5 Å². The highest BCUT2D eigenvalue weighted by molar-refractivity contribution is 7.94. The summed E-state index contributed by atoms with van der Waals surface area (Å²) in [5, 5.41) is 1.08. The Kier molecular flexibility index (Phi) is 8.14. The fourth-order valence-electron chi connectivity index (χ4n) is 3.10. The maximum Gasteiger partial charge on any atom is 0.145 e. The summed E-state index contributed by atoms with van der Waals surface area (Å²) in [6, 6.07) is 6.66. The van der Waals surface area contributed by atoms with Gasteiger partial charge < -0.3 is 0 Å². The molecular weight excluding hydrogens is 288 g/mol. The lowest BCUT2D eigenvalue weighted by Gasteiger charge is -2.32. The van der Waals surface area contributed by atoms with Crippen LogP contribution in [0.4, 0.5) is 0 Å². The largest absolute Gasteiger partial charge is 0.229 e. The second-order valence-electron chi connectivity index (χ2n) is 6.15. The fourth-order valence-corrected chi connectivity index (χ4v) is 19.8. The number of sulfone groups is 1. The van der Waals surface area contributed by atoms with Crippen LogP contribution in [0.5, 0.6) is 0 Å². The summed E-state index contributed by atoms with van der Waals surface area (Å²) < 4.78 is 25.4. The molecule has 0 radical (unpaired) electrons. The molecule has 0 aliphatic heterocycles. The zero-order valence-electron chi connectivity index (χ0n) is 13.9. The van der Waals surface area contributed by atoms with Crippen LogP contribution in [0.15, 0.2) is 0 Å². The van der Waals surface area contributed by atoms with Gasteiger partial charge in [-0.15, -0.1) is 0 Å². The van der Waals surface area contributed by atoms with Crippen molar-refractivity contribution in [3.63, 3.8) is 0 Å². The van der Waals surface area contributed by atoms with Crippen LogP contribution in [0.2, 0.25) is 36.3 Å². The van der Waals surface area contributed by atoms with Crippen LogP contribution in [-0.4, -0.2) is 35.3 Å². The van der Waals surface area contributed by atoms with Crippen LogP contribution in [0.25, 0.3) is 0 Å². The Hall–Kier alpha value is 0.384. The normalized spacial score (nSPS) is 13.8. The minimum absolute atomic E-state index is 0.540. The first-order valence-electron chi connectivity index (χ1n) is 7.98. The summed E-state index contributed by atoms with van der Waals surface area (Å²) in [5.41, 5.74) is 0. The third kappa shape index (κ3) is 5.35. The van der Waals surface area contributed by atoms with E-state index in [2.05, 4.69) is 41.5 Å². The van der Waals surface area contributed by atoms with Crippen LogP contribution in [-0.2, 0) is 9.84 Å². The average molecular weight is 323 g/mol. The molecule has 0 saturated heterocycles. The molecule has 0 aromatic rings. The van der Waals surface area contributed by atoms with Crippen molar-refractivity contribution >= 4 is 26.0 Å². The van der Waals surface area contributed by atoms with Crippen LogP contribution >= 0.6 is 0 Å². The zero-order valence-corrected chi connectivity index (χ0v) is 16.7. The molecule has 0 aromatic carbocycles. The van der Waals surface area contributed by atoms with E-state index in [1.165, 1.54) is 0 Å². The predicted octanol–water partition coefficient (Wildman–Crippen LogP) is 4.50. The summed E-state index contributed by atoms with van der Waals surface area (Å²) in [5.74, 6) is 0. The van der Waals surface area contributed by atoms with Gasteiger partial charge in [0.1, 0.15) is 9.84 Å². The van der Waals surface area contributed by atoms with E-state index in [0.29, 0.717) is 10.8 Å². The van der Waals surface area contributed by atoms with Crippen LogP contribution in [0.3, 0.4) is 0 Å². The molecule has 0 heterocycles. The van der Waals surface area contributed by atoms with E-state index in [-0.39, 0.29) is 0 Å². The molecule has 19 heavy (non-hydrogen) atoms. The van der Waals surface area contributed by atoms with Crippen molar-refractivity contribution in [2.24, 2.45) is 0 Å². The van der Waals surface area contributed by atoms with E-state index in [9.17, 15) is 8.42 Å². The third-order valence-electron chi connectivity index (χ3n) is 5.55. The molecule has 0 saturated carbocycles. The minimum atomic E-state index is -2.85. The molecule has 2 nitrogen and oxygen atoms in total. The van der Waals surface area contributed by atoms with Crippen molar-refractivity contribution < 1.29 is 8.42 Å². The lowest BCUT2D eigenvalue weighted by molar-refractivity contribution is 0.603. The molecule has 0 amide bonds. The van der Waals surface area contributed by atoms with Crippen LogP contribution in [0, 0.1) is 0 Å². The fraction of sp³-hybridized carbons (Fsp3) is 1.00. The van der Waals surface area contributed by atoms with Gasteiger partial charge >= 0.3 is 0 Å². The maximum absolute atomic E-state index is 12.7. The van der Waals surface area contributed by atoms with Gasteiger partial charge in [-0.3, -0.25) is 0 Å². The quantitative estimate of drug-likeness (QED) is 0.555. The van der Waals surface area contributed by atoms with Gasteiger partial charge in [-0.05, 0) is 0 Å². The third-order valence-corrected chi connectivity index (χ3v) is 23.0. The van der Waals surface area contributed by atoms with Gasteiger partial charge in [0.05, 0.1) is 16.1 Å². The molecule has 5 heteroatoms. The molecule has 0 N–H and O–H groups in total. The lowest BCUT2D eigenvalue weighted by atomic mass is 10.9. The molecule has 0 aliphatic rings. The van der Waals surface area contributed by atoms with Crippen molar-refractivity contribution in [2.75, 3.05) is 10.8 Å². The highest BCUT2D eigenvalue weighted by Gasteiger charge is 2.38. The Labute approximate surface area is 123 Å². The molecule has 0 rings (SSSR count). The summed E-state index contributed by atoms with van der Waals surface area (Å²) in [6.45, 7) is 13.2. The van der Waals surface area contributed by atoms with Gasteiger partial charge in [0.15, 0.2) is 0 Å². The lowest BCUT2D eigenvalue weighted by Crippen LogP contribution is -2.47. The molecule has 0 unspecified atom stereocenters. The number of hydrogen-bond donors (Lipinski definition) is 0.